The first kappa shape index (κ1) is 17.4. The topological polar surface area (TPSA) is 68.0 Å². The molecule has 0 atom stereocenters. The van der Waals surface area contributed by atoms with E-state index in [1.54, 1.807) is 6.92 Å². The van der Waals surface area contributed by atoms with E-state index in [0.717, 1.165) is 10.9 Å². The number of hydrogen-bond donors (Lipinski definition) is 1. The van der Waals surface area contributed by atoms with Crippen LogP contribution in [0, 0.1) is 6.92 Å². The number of hydrogen-bond acceptors (Lipinski definition) is 6. The smallest absolute Gasteiger partial charge is 0.234 e. The Morgan fingerprint density at radius 3 is 2.71 bits per heavy atom. The number of carbonyl (C=O) groups excluding carboxylic acids is 1. The lowest BCUT2D eigenvalue weighted by molar-refractivity contribution is -0.113. The summed E-state index contributed by atoms with van der Waals surface area (Å²) in [6.07, 6.45) is 5.35. The normalized spacial score (nSPS) is 14.9. The number of thioether (sulfide) groups is 2. The molecule has 1 aliphatic rings. The summed E-state index contributed by atoms with van der Waals surface area (Å²) in [5.74, 6) is 2.09. The average molecular weight is 364 g/mol. The predicted octanol–water partition coefficient (Wildman–Crippen LogP) is 4.28. The van der Waals surface area contributed by atoms with E-state index in [1.165, 1.54) is 42.3 Å². The molecule has 0 spiro atoms. The quantitative estimate of drug-likeness (QED) is 0.792. The zero-order valence-corrected chi connectivity index (χ0v) is 15.3. The number of nitrogens with zero attached hydrogens (tertiary/aromatic N) is 2. The van der Waals surface area contributed by atoms with Crippen LogP contribution in [0.3, 0.4) is 0 Å². The molecule has 1 aromatic heterocycles. The van der Waals surface area contributed by atoms with Crippen LogP contribution in [0.2, 0.25) is 0 Å². The molecule has 1 aliphatic carbocycles. The average Bonchev–Trinajstić information content (AvgIpc) is 3.21. The maximum atomic E-state index is 12.0. The molecule has 3 rings (SSSR count). The molecule has 0 aliphatic heterocycles. The summed E-state index contributed by atoms with van der Waals surface area (Å²) in [4.78, 5) is 17.4. The molecule has 1 amide bonds. The third-order valence-corrected chi connectivity index (χ3v) is 6.05. The molecule has 1 N–H and O–H groups in total. The Hall–Kier alpha value is -1.47. The Kier molecular flexibility index (Phi) is 6.20. The van der Waals surface area contributed by atoms with Crippen LogP contribution in [-0.4, -0.2) is 27.1 Å². The number of anilines is 1. The van der Waals surface area contributed by atoms with Gasteiger partial charge in [-0.15, -0.1) is 23.5 Å². The summed E-state index contributed by atoms with van der Waals surface area (Å²) in [6, 6.07) is 8.13. The van der Waals surface area contributed by atoms with Crippen molar-refractivity contribution in [2.24, 2.45) is 0 Å². The lowest BCUT2D eigenvalue weighted by Gasteiger charge is -2.09. The standard InChI is InChI=1S/C17H21N3O2S2/c1-12-18-16(20-22-12)10-23-11-17(21)19-13-6-8-15(9-7-13)24-14-4-2-3-5-14/h6-9,14H,2-5,10-11H2,1H3,(H,19,21). The number of benzene rings is 1. The second kappa shape index (κ2) is 8.58. The number of carbonyl (C=O) groups is 1. The largest absolute Gasteiger partial charge is 0.340 e. The van der Waals surface area contributed by atoms with E-state index >= 15 is 0 Å². The lowest BCUT2D eigenvalue weighted by Crippen LogP contribution is -2.14. The molecule has 1 aromatic carbocycles. The molecule has 2 aromatic rings. The molecule has 7 heteroatoms. The molecule has 1 saturated carbocycles. The summed E-state index contributed by atoms with van der Waals surface area (Å²) in [5.41, 5.74) is 0.840. The molecule has 0 radical (unpaired) electrons. The third kappa shape index (κ3) is 5.27. The lowest BCUT2D eigenvalue weighted by atomic mass is 10.3. The van der Waals surface area contributed by atoms with E-state index in [2.05, 4.69) is 27.6 Å². The van der Waals surface area contributed by atoms with Crippen molar-refractivity contribution in [2.75, 3.05) is 11.1 Å². The highest BCUT2D eigenvalue weighted by Gasteiger charge is 2.16. The summed E-state index contributed by atoms with van der Waals surface area (Å²) < 4.78 is 4.90. The molecule has 128 valence electrons. The Labute approximate surface area is 150 Å². The van der Waals surface area contributed by atoms with Crippen molar-refractivity contribution in [3.05, 3.63) is 36.0 Å². The van der Waals surface area contributed by atoms with Crippen molar-refractivity contribution in [1.82, 2.24) is 10.1 Å². The van der Waals surface area contributed by atoms with Gasteiger partial charge in [0.1, 0.15) is 0 Å². The van der Waals surface area contributed by atoms with Gasteiger partial charge in [0.25, 0.3) is 0 Å². The van der Waals surface area contributed by atoms with Crippen LogP contribution in [0.4, 0.5) is 5.69 Å². The van der Waals surface area contributed by atoms with Gasteiger partial charge in [0.15, 0.2) is 5.82 Å². The van der Waals surface area contributed by atoms with Gasteiger partial charge in [-0.05, 0) is 37.1 Å². The van der Waals surface area contributed by atoms with Crippen molar-refractivity contribution in [1.29, 1.82) is 0 Å². The van der Waals surface area contributed by atoms with Gasteiger partial charge in [0.05, 0.1) is 11.5 Å². The molecule has 1 fully saturated rings. The number of amides is 1. The molecular weight excluding hydrogens is 342 g/mol. The van der Waals surface area contributed by atoms with E-state index in [-0.39, 0.29) is 5.91 Å². The second-order valence-electron chi connectivity index (χ2n) is 5.82. The van der Waals surface area contributed by atoms with Gasteiger partial charge < -0.3 is 9.84 Å². The predicted molar refractivity (Wildman–Crippen MR) is 98.4 cm³/mol. The van der Waals surface area contributed by atoms with Crippen LogP contribution < -0.4 is 5.32 Å². The van der Waals surface area contributed by atoms with Crippen molar-refractivity contribution in [2.45, 2.75) is 48.5 Å². The van der Waals surface area contributed by atoms with Crippen LogP contribution >= 0.6 is 23.5 Å². The fourth-order valence-corrected chi connectivity index (χ4v) is 4.55. The van der Waals surface area contributed by atoms with Gasteiger partial charge in [-0.3, -0.25) is 4.79 Å². The Bertz CT molecular complexity index is 667. The van der Waals surface area contributed by atoms with Gasteiger partial charge in [0.2, 0.25) is 11.8 Å². The van der Waals surface area contributed by atoms with Gasteiger partial charge >= 0.3 is 0 Å². The van der Waals surface area contributed by atoms with Crippen LogP contribution in [0.5, 0.6) is 0 Å². The SMILES string of the molecule is Cc1nc(CSCC(=O)Nc2ccc(SC3CCCC3)cc2)no1. The van der Waals surface area contributed by atoms with Gasteiger partial charge in [-0.2, -0.15) is 4.98 Å². The third-order valence-electron chi connectivity index (χ3n) is 3.78. The molecular formula is C17H21N3O2S2. The molecule has 24 heavy (non-hydrogen) atoms. The van der Waals surface area contributed by atoms with E-state index in [9.17, 15) is 4.79 Å². The van der Waals surface area contributed by atoms with Crippen molar-refractivity contribution < 1.29 is 9.32 Å². The highest BCUT2D eigenvalue weighted by Crippen LogP contribution is 2.34. The summed E-state index contributed by atoms with van der Waals surface area (Å²) in [7, 11) is 0. The first-order valence-corrected chi connectivity index (χ1v) is 10.2. The number of nitrogens with one attached hydrogen (secondary N) is 1. The van der Waals surface area contributed by atoms with Gasteiger partial charge in [-0.25, -0.2) is 0 Å². The Balaban J connectivity index is 1.40. The zero-order valence-electron chi connectivity index (χ0n) is 13.7. The van der Waals surface area contributed by atoms with E-state index in [4.69, 9.17) is 4.52 Å². The fourth-order valence-electron chi connectivity index (χ4n) is 2.65. The number of rotatable bonds is 7. The van der Waals surface area contributed by atoms with Crippen molar-refractivity contribution in [3.8, 4) is 0 Å². The molecule has 5 nitrogen and oxygen atoms in total. The molecule has 0 bridgehead atoms. The Morgan fingerprint density at radius 2 is 2.04 bits per heavy atom. The number of aromatic nitrogens is 2. The minimum atomic E-state index is -0.0172. The van der Waals surface area contributed by atoms with Gasteiger partial charge in [-0.1, -0.05) is 18.0 Å². The highest BCUT2D eigenvalue weighted by molar-refractivity contribution is 8.00. The highest BCUT2D eigenvalue weighted by atomic mass is 32.2. The zero-order chi connectivity index (χ0) is 16.8. The van der Waals surface area contributed by atoms with E-state index in [1.807, 2.05) is 23.9 Å². The van der Waals surface area contributed by atoms with Crippen LogP contribution in [-0.2, 0) is 10.5 Å². The molecule has 1 heterocycles. The maximum Gasteiger partial charge on any atom is 0.234 e. The van der Waals surface area contributed by atoms with Crippen molar-refractivity contribution >= 4 is 35.1 Å². The second-order valence-corrected chi connectivity index (χ2v) is 8.18. The van der Waals surface area contributed by atoms with Crippen LogP contribution in [0.1, 0.15) is 37.4 Å². The van der Waals surface area contributed by atoms with E-state index in [0.29, 0.717) is 23.2 Å². The maximum absolute atomic E-state index is 12.0. The van der Waals surface area contributed by atoms with Gasteiger partial charge in [0, 0.05) is 22.8 Å². The van der Waals surface area contributed by atoms with Crippen molar-refractivity contribution in [3.63, 3.8) is 0 Å². The van der Waals surface area contributed by atoms with Crippen LogP contribution in [0.15, 0.2) is 33.7 Å². The fraction of sp³-hybridized carbons (Fsp3) is 0.471. The van der Waals surface area contributed by atoms with Crippen LogP contribution in [0.25, 0.3) is 0 Å². The summed E-state index contributed by atoms with van der Waals surface area (Å²) >= 11 is 3.42. The molecule has 0 saturated heterocycles. The Morgan fingerprint density at radius 1 is 1.29 bits per heavy atom. The van der Waals surface area contributed by atoms with E-state index < -0.39 is 0 Å². The summed E-state index contributed by atoms with van der Waals surface area (Å²) in [5, 5.41) is 7.49. The first-order chi connectivity index (χ1) is 11.7. The monoisotopic (exact) mass is 363 g/mol. The summed E-state index contributed by atoms with van der Waals surface area (Å²) in [6.45, 7) is 1.75. The minimum absolute atomic E-state index is 0.0172. The number of aryl methyl sites for hydroxylation is 1. The molecule has 0 unspecified atom stereocenters. The first-order valence-electron chi connectivity index (χ1n) is 8.12. The minimum Gasteiger partial charge on any atom is -0.340 e.